The topological polar surface area (TPSA) is 136 Å². The SMILES string of the molecule is COc1cccc(CN=C(N)Nc2ccc(/C(C=N)=C/N)cc2N)c1. The fraction of sp³-hybridized carbons (Fsp3) is 0.111. The fourth-order valence-electron chi connectivity index (χ4n) is 2.21. The van der Waals surface area contributed by atoms with E-state index in [2.05, 4.69) is 10.3 Å². The first-order valence-corrected chi connectivity index (χ1v) is 7.59. The Kier molecular flexibility index (Phi) is 6.00. The molecule has 25 heavy (non-hydrogen) atoms. The van der Waals surface area contributed by atoms with Crippen LogP contribution in [-0.4, -0.2) is 19.3 Å². The number of nitrogen functional groups attached to an aromatic ring is 1. The minimum atomic E-state index is 0.254. The molecule has 0 aliphatic rings. The molecule has 0 amide bonds. The number of rotatable bonds is 6. The Bertz CT molecular complexity index is 813. The van der Waals surface area contributed by atoms with E-state index in [0.717, 1.165) is 16.9 Å². The van der Waals surface area contributed by atoms with Crippen molar-refractivity contribution in [2.45, 2.75) is 6.54 Å². The van der Waals surface area contributed by atoms with Crippen molar-refractivity contribution < 1.29 is 4.74 Å². The van der Waals surface area contributed by atoms with Crippen LogP contribution in [0.2, 0.25) is 0 Å². The lowest BCUT2D eigenvalue weighted by Gasteiger charge is -2.11. The number of aliphatic imine (C=N–C) groups is 1. The molecular weight excluding hydrogens is 316 g/mol. The van der Waals surface area contributed by atoms with E-state index in [0.29, 0.717) is 23.5 Å². The molecule has 0 saturated heterocycles. The first kappa shape index (κ1) is 17.9. The Morgan fingerprint density at radius 3 is 2.72 bits per heavy atom. The van der Waals surface area contributed by atoms with E-state index in [1.807, 2.05) is 24.3 Å². The summed E-state index contributed by atoms with van der Waals surface area (Å²) in [5.74, 6) is 1.03. The van der Waals surface area contributed by atoms with Crippen molar-refractivity contribution in [3.8, 4) is 5.75 Å². The van der Waals surface area contributed by atoms with Crippen LogP contribution in [0, 0.1) is 5.41 Å². The second kappa shape index (κ2) is 8.39. The van der Waals surface area contributed by atoms with Gasteiger partial charge in [0.1, 0.15) is 5.75 Å². The largest absolute Gasteiger partial charge is 0.497 e. The molecule has 2 aromatic rings. The summed E-state index contributed by atoms with van der Waals surface area (Å²) in [5, 5.41) is 10.3. The van der Waals surface area contributed by atoms with E-state index < -0.39 is 0 Å². The zero-order chi connectivity index (χ0) is 18.2. The quantitative estimate of drug-likeness (QED) is 0.312. The third kappa shape index (κ3) is 4.74. The minimum absolute atomic E-state index is 0.254. The Balaban J connectivity index is 2.09. The van der Waals surface area contributed by atoms with Crippen LogP contribution in [0.25, 0.3) is 5.57 Å². The predicted molar refractivity (Wildman–Crippen MR) is 104 cm³/mol. The normalized spacial score (nSPS) is 11.9. The number of hydrogen-bond acceptors (Lipinski definition) is 5. The predicted octanol–water partition coefficient (Wildman–Crippen LogP) is 2.15. The highest BCUT2D eigenvalue weighted by Gasteiger charge is 2.05. The molecule has 0 bridgehead atoms. The molecular formula is C18H22N6O. The van der Waals surface area contributed by atoms with Crippen molar-refractivity contribution in [1.29, 1.82) is 5.41 Å². The van der Waals surface area contributed by atoms with Crippen molar-refractivity contribution >= 4 is 29.1 Å². The number of nitrogens with two attached hydrogens (primary N) is 3. The summed E-state index contributed by atoms with van der Waals surface area (Å²) in [5.41, 5.74) is 20.9. The Hall–Kier alpha value is -3.48. The Morgan fingerprint density at radius 2 is 2.08 bits per heavy atom. The summed E-state index contributed by atoms with van der Waals surface area (Å²) in [6.07, 6.45) is 2.53. The van der Waals surface area contributed by atoms with E-state index in [9.17, 15) is 0 Å². The average Bonchev–Trinajstić information content (AvgIpc) is 2.63. The van der Waals surface area contributed by atoms with E-state index in [-0.39, 0.29) is 5.96 Å². The number of methoxy groups -OCH3 is 1. The molecule has 8 N–H and O–H groups in total. The van der Waals surface area contributed by atoms with Crippen LogP contribution in [0.15, 0.2) is 53.7 Å². The molecule has 0 radical (unpaired) electrons. The Morgan fingerprint density at radius 1 is 1.28 bits per heavy atom. The molecule has 0 unspecified atom stereocenters. The highest BCUT2D eigenvalue weighted by molar-refractivity contribution is 6.08. The van der Waals surface area contributed by atoms with Gasteiger partial charge in [-0.3, -0.25) is 0 Å². The van der Waals surface area contributed by atoms with Crippen LogP contribution in [-0.2, 0) is 6.54 Å². The van der Waals surface area contributed by atoms with Gasteiger partial charge >= 0.3 is 0 Å². The van der Waals surface area contributed by atoms with Gasteiger partial charge in [0.05, 0.1) is 25.0 Å². The number of allylic oxidation sites excluding steroid dienone is 1. The molecule has 2 aromatic carbocycles. The van der Waals surface area contributed by atoms with Crippen LogP contribution in [0.5, 0.6) is 5.75 Å². The van der Waals surface area contributed by atoms with Gasteiger partial charge in [-0.25, -0.2) is 4.99 Å². The van der Waals surface area contributed by atoms with Crippen LogP contribution in [0.4, 0.5) is 11.4 Å². The monoisotopic (exact) mass is 338 g/mol. The molecule has 0 heterocycles. The van der Waals surface area contributed by atoms with Gasteiger partial charge in [0.25, 0.3) is 0 Å². The number of hydrogen-bond donors (Lipinski definition) is 5. The maximum atomic E-state index is 7.32. The standard InChI is InChI=1S/C18H22N6O/c1-25-15-4-2-3-12(7-15)11-23-18(22)24-17-6-5-13(8-16(17)21)14(9-19)10-20/h2-10,19H,11,20-21H2,1H3,(H3,22,23,24)/b14-10+,19-9?. The van der Waals surface area contributed by atoms with Crippen LogP contribution < -0.4 is 27.3 Å². The summed E-state index contributed by atoms with van der Waals surface area (Å²) in [6.45, 7) is 0.419. The molecule has 2 rings (SSSR count). The number of nitrogens with zero attached hydrogens (tertiary/aromatic N) is 1. The van der Waals surface area contributed by atoms with Crippen molar-refractivity contribution in [3.05, 3.63) is 59.8 Å². The Labute approximate surface area is 146 Å². The fourth-order valence-corrected chi connectivity index (χ4v) is 2.21. The molecule has 0 aliphatic heterocycles. The highest BCUT2D eigenvalue weighted by Crippen LogP contribution is 2.23. The van der Waals surface area contributed by atoms with Crippen molar-refractivity contribution in [2.75, 3.05) is 18.2 Å². The van der Waals surface area contributed by atoms with Crippen molar-refractivity contribution in [1.82, 2.24) is 0 Å². The lowest BCUT2D eigenvalue weighted by Crippen LogP contribution is -2.23. The molecule has 0 spiro atoms. The van der Waals surface area contributed by atoms with Gasteiger partial charge in [-0.15, -0.1) is 0 Å². The van der Waals surface area contributed by atoms with E-state index >= 15 is 0 Å². The van der Waals surface area contributed by atoms with E-state index in [4.69, 9.17) is 27.3 Å². The van der Waals surface area contributed by atoms with Crippen molar-refractivity contribution in [3.63, 3.8) is 0 Å². The molecule has 0 fully saturated rings. The van der Waals surface area contributed by atoms with Gasteiger partial charge in [-0.1, -0.05) is 18.2 Å². The maximum absolute atomic E-state index is 7.32. The molecule has 0 aromatic heterocycles. The van der Waals surface area contributed by atoms with Crippen LogP contribution >= 0.6 is 0 Å². The van der Waals surface area contributed by atoms with Crippen molar-refractivity contribution in [2.24, 2.45) is 16.5 Å². The molecule has 7 nitrogen and oxygen atoms in total. The van der Waals surface area contributed by atoms with Gasteiger partial charge in [0.15, 0.2) is 5.96 Å². The summed E-state index contributed by atoms with van der Waals surface area (Å²) in [6, 6.07) is 12.9. The smallest absolute Gasteiger partial charge is 0.193 e. The summed E-state index contributed by atoms with van der Waals surface area (Å²) < 4.78 is 5.18. The lowest BCUT2D eigenvalue weighted by atomic mass is 10.1. The maximum Gasteiger partial charge on any atom is 0.193 e. The first-order chi connectivity index (χ1) is 12.1. The highest BCUT2D eigenvalue weighted by atomic mass is 16.5. The molecule has 0 aliphatic carbocycles. The second-order valence-corrected chi connectivity index (χ2v) is 5.25. The summed E-state index contributed by atoms with van der Waals surface area (Å²) in [7, 11) is 1.62. The van der Waals surface area contributed by atoms with Crippen LogP contribution in [0.3, 0.4) is 0 Å². The first-order valence-electron chi connectivity index (χ1n) is 7.59. The number of guanidine groups is 1. The van der Waals surface area contributed by atoms with Gasteiger partial charge in [0, 0.05) is 18.0 Å². The van der Waals surface area contributed by atoms with Gasteiger partial charge < -0.3 is 32.7 Å². The molecule has 7 heteroatoms. The van der Waals surface area contributed by atoms with Gasteiger partial charge in [-0.2, -0.15) is 0 Å². The lowest BCUT2D eigenvalue weighted by molar-refractivity contribution is 0.414. The molecule has 130 valence electrons. The average molecular weight is 338 g/mol. The van der Waals surface area contributed by atoms with E-state index in [1.165, 1.54) is 12.4 Å². The van der Waals surface area contributed by atoms with Gasteiger partial charge in [0.2, 0.25) is 0 Å². The molecule has 0 saturated carbocycles. The second-order valence-electron chi connectivity index (χ2n) is 5.25. The third-order valence-electron chi connectivity index (χ3n) is 3.55. The number of anilines is 2. The van der Waals surface area contributed by atoms with Gasteiger partial charge in [-0.05, 0) is 35.4 Å². The summed E-state index contributed by atoms with van der Waals surface area (Å²) >= 11 is 0. The zero-order valence-corrected chi connectivity index (χ0v) is 14.0. The third-order valence-corrected chi connectivity index (χ3v) is 3.55. The zero-order valence-electron chi connectivity index (χ0n) is 14.0. The summed E-state index contributed by atoms with van der Waals surface area (Å²) in [4.78, 5) is 4.30. The van der Waals surface area contributed by atoms with E-state index in [1.54, 1.807) is 25.3 Å². The minimum Gasteiger partial charge on any atom is -0.497 e. The molecule has 0 atom stereocenters. The number of nitrogens with one attached hydrogen (secondary N) is 2. The number of ether oxygens (including phenoxy) is 1. The van der Waals surface area contributed by atoms with Crippen LogP contribution in [0.1, 0.15) is 11.1 Å². The number of benzene rings is 2.